The number of carbonyl (C=O) groups is 2. The summed E-state index contributed by atoms with van der Waals surface area (Å²) in [6.45, 7) is 1.40. The normalized spacial score (nSPS) is 11.6. The third-order valence-electron chi connectivity index (χ3n) is 3.00. The number of carbonyl (C=O) groups excluding carboxylic acids is 2. The second-order valence-corrected chi connectivity index (χ2v) is 4.54. The average Bonchev–Trinajstić information content (AvgIpc) is 3.04. The van der Waals surface area contributed by atoms with Crippen LogP contribution in [-0.2, 0) is 4.74 Å². The van der Waals surface area contributed by atoms with Gasteiger partial charge in [0.05, 0.1) is 13.2 Å². The van der Waals surface area contributed by atoms with Crippen molar-refractivity contribution in [1.82, 2.24) is 0 Å². The molecule has 0 fully saturated rings. The van der Waals surface area contributed by atoms with Crippen LogP contribution >= 0.6 is 0 Å². The van der Waals surface area contributed by atoms with Crippen LogP contribution in [0, 0.1) is 10.1 Å². The predicted octanol–water partition coefficient (Wildman–Crippen LogP) is 2.62. The van der Waals surface area contributed by atoms with Crippen LogP contribution in [0.2, 0.25) is 0 Å². The van der Waals surface area contributed by atoms with Gasteiger partial charge in [-0.2, -0.15) is 0 Å². The molecular formula is C15H13NO7. The van der Waals surface area contributed by atoms with Crippen molar-refractivity contribution in [3.05, 3.63) is 57.8 Å². The van der Waals surface area contributed by atoms with Crippen LogP contribution in [-0.4, -0.2) is 29.9 Å². The SMILES string of the molecule is COc1ccc(C(=O)[C@@H](C)OC(=O)c2ccc([N+](=O)[O-])o2)cc1. The number of Topliss-reactive ketones (excluding diaryl/α,β-unsaturated/α-hetero) is 1. The summed E-state index contributed by atoms with van der Waals surface area (Å²) in [5.41, 5.74) is 0.344. The van der Waals surface area contributed by atoms with Crippen LogP contribution in [0.1, 0.15) is 27.8 Å². The zero-order chi connectivity index (χ0) is 17.0. The first-order chi connectivity index (χ1) is 10.9. The molecule has 8 nitrogen and oxygen atoms in total. The Kier molecular flexibility index (Phi) is 4.75. The van der Waals surface area contributed by atoms with Crippen molar-refractivity contribution in [2.75, 3.05) is 7.11 Å². The van der Waals surface area contributed by atoms with Crippen LogP contribution in [0.15, 0.2) is 40.8 Å². The molecule has 2 aromatic rings. The first kappa shape index (κ1) is 16.2. The molecule has 0 spiro atoms. The van der Waals surface area contributed by atoms with Crippen molar-refractivity contribution in [2.24, 2.45) is 0 Å². The minimum Gasteiger partial charge on any atom is -0.497 e. The quantitative estimate of drug-likeness (QED) is 0.348. The number of ether oxygens (including phenoxy) is 2. The number of esters is 1. The van der Waals surface area contributed by atoms with Crippen molar-refractivity contribution >= 4 is 17.6 Å². The summed E-state index contributed by atoms with van der Waals surface area (Å²) in [6, 6.07) is 8.46. The predicted molar refractivity (Wildman–Crippen MR) is 77.6 cm³/mol. The smallest absolute Gasteiger partial charge is 0.433 e. The molecule has 1 aromatic carbocycles. The van der Waals surface area contributed by atoms with Gasteiger partial charge in [-0.25, -0.2) is 4.79 Å². The van der Waals surface area contributed by atoms with E-state index in [9.17, 15) is 19.7 Å². The van der Waals surface area contributed by atoms with Crippen molar-refractivity contribution in [3.8, 4) is 5.75 Å². The highest BCUT2D eigenvalue weighted by Gasteiger charge is 2.24. The van der Waals surface area contributed by atoms with E-state index in [0.29, 0.717) is 11.3 Å². The van der Waals surface area contributed by atoms with Gasteiger partial charge in [0.15, 0.2) is 6.10 Å². The molecule has 1 aromatic heterocycles. The molecule has 2 rings (SSSR count). The largest absolute Gasteiger partial charge is 0.497 e. The molecule has 0 aliphatic rings. The lowest BCUT2D eigenvalue weighted by Gasteiger charge is -2.11. The molecule has 0 saturated heterocycles. The Morgan fingerprint density at radius 1 is 1.17 bits per heavy atom. The highest BCUT2D eigenvalue weighted by Crippen LogP contribution is 2.18. The highest BCUT2D eigenvalue weighted by molar-refractivity contribution is 6.01. The Bertz CT molecular complexity index is 733. The number of nitro groups is 1. The molecule has 120 valence electrons. The molecule has 1 atom stereocenters. The van der Waals surface area contributed by atoms with Gasteiger partial charge in [0, 0.05) is 5.56 Å². The van der Waals surface area contributed by atoms with E-state index in [1.807, 2.05) is 0 Å². The van der Waals surface area contributed by atoms with E-state index in [2.05, 4.69) is 0 Å². The molecule has 8 heteroatoms. The van der Waals surface area contributed by atoms with E-state index in [1.54, 1.807) is 24.3 Å². The fourth-order valence-corrected chi connectivity index (χ4v) is 1.80. The lowest BCUT2D eigenvalue weighted by Crippen LogP contribution is -2.24. The Balaban J connectivity index is 2.04. The maximum atomic E-state index is 12.2. The van der Waals surface area contributed by atoms with Gasteiger partial charge in [0.2, 0.25) is 11.5 Å². The molecule has 0 N–H and O–H groups in total. The summed E-state index contributed by atoms with van der Waals surface area (Å²) in [5, 5.41) is 10.5. The molecule has 0 saturated carbocycles. The van der Waals surface area contributed by atoms with Gasteiger partial charge in [0.1, 0.15) is 10.7 Å². The molecule has 1 heterocycles. The van der Waals surface area contributed by atoms with Crippen LogP contribution in [0.25, 0.3) is 0 Å². The number of ketones is 1. The van der Waals surface area contributed by atoms with Crippen molar-refractivity contribution < 1.29 is 28.4 Å². The number of methoxy groups -OCH3 is 1. The second-order valence-electron chi connectivity index (χ2n) is 4.54. The lowest BCUT2D eigenvalue weighted by molar-refractivity contribution is -0.402. The van der Waals surface area contributed by atoms with E-state index in [1.165, 1.54) is 14.0 Å². The van der Waals surface area contributed by atoms with Gasteiger partial charge in [-0.1, -0.05) is 0 Å². The van der Waals surface area contributed by atoms with Gasteiger partial charge in [-0.15, -0.1) is 0 Å². The van der Waals surface area contributed by atoms with Gasteiger partial charge >= 0.3 is 11.9 Å². The minimum atomic E-state index is -1.07. The Morgan fingerprint density at radius 2 is 1.83 bits per heavy atom. The van der Waals surface area contributed by atoms with Gasteiger partial charge in [-0.05, 0) is 37.3 Å². The second kappa shape index (κ2) is 6.73. The fourth-order valence-electron chi connectivity index (χ4n) is 1.80. The molecule has 0 aliphatic carbocycles. The standard InChI is InChI=1S/C15H13NO7/c1-9(14(17)10-3-5-11(21-2)6-4-10)22-15(18)12-7-8-13(23-12)16(19)20/h3-9H,1-2H3/t9-/m1/s1. The molecule has 0 aliphatic heterocycles. The molecule has 0 bridgehead atoms. The van der Waals surface area contributed by atoms with Gasteiger partial charge < -0.3 is 13.9 Å². The van der Waals surface area contributed by atoms with Crippen LogP contribution < -0.4 is 4.74 Å². The summed E-state index contributed by atoms with van der Waals surface area (Å²) in [6.07, 6.45) is -1.07. The topological polar surface area (TPSA) is 109 Å². The van der Waals surface area contributed by atoms with E-state index >= 15 is 0 Å². The van der Waals surface area contributed by atoms with E-state index in [0.717, 1.165) is 12.1 Å². The van der Waals surface area contributed by atoms with E-state index < -0.39 is 28.7 Å². The third kappa shape index (κ3) is 3.73. The van der Waals surface area contributed by atoms with Gasteiger partial charge in [-0.3, -0.25) is 14.9 Å². The van der Waals surface area contributed by atoms with Gasteiger partial charge in [0.25, 0.3) is 0 Å². The van der Waals surface area contributed by atoms with Crippen LogP contribution in [0.4, 0.5) is 5.88 Å². The summed E-state index contributed by atoms with van der Waals surface area (Å²) >= 11 is 0. The molecule has 23 heavy (non-hydrogen) atoms. The Hall–Kier alpha value is -3.16. The molecule has 0 unspecified atom stereocenters. The Labute approximate surface area is 130 Å². The van der Waals surface area contributed by atoms with Crippen LogP contribution in [0.5, 0.6) is 5.75 Å². The maximum absolute atomic E-state index is 12.2. The maximum Gasteiger partial charge on any atom is 0.433 e. The van der Waals surface area contributed by atoms with Crippen LogP contribution in [0.3, 0.4) is 0 Å². The number of rotatable bonds is 6. The monoisotopic (exact) mass is 319 g/mol. The number of nitrogens with zero attached hydrogens (tertiary/aromatic N) is 1. The zero-order valence-electron chi connectivity index (χ0n) is 12.3. The number of hydrogen-bond donors (Lipinski definition) is 0. The number of benzene rings is 1. The first-order valence-electron chi connectivity index (χ1n) is 6.56. The minimum absolute atomic E-state index is 0.342. The zero-order valence-corrected chi connectivity index (χ0v) is 12.3. The van der Waals surface area contributed by atoms with Crippen molar-refractivity contribution in [3.63, 3.8) is 0 Å². The summed E-state index contributed by atoms with van der Waals surface area (Å²) in [4.78, 5) is 33.7. The Morgan fingerprint density at radius 3 is 2.35 bits per heavy atom. The summed E-state index contributed by atoms with van der Waals surface area (Å²) < 4.78 is 14.7. The third-order valence-corrected chi connectivity index (χ3v) is 3.00. The molecule has 0 amide bonds. The highest BCUT2D eigenvalue weighted by atomic mass is 16.7. The lowest BCUT2D eigenvalue weighted by atomic mass is 10.1. The van der Waals surface area contributed by atoms with Crippen molar-refractivity contribution in [1.29, 1.82) is 0 Å². The summed E-state index contributed by atoms with van der Waals surface area (Å²) in [7, 11) is 1.50. The number of hydrogen-bond acceptors (Lipinski definition) is 7. The number of furan rings is 1. The first-order valence-corrected chi connectivity index (χ1v) is 6.56. The fraction of sp³-hybridized carbons (Fsp3) is 0.200. The average molecular weight is 319 g/mol. The summed E-state index contributed by atoms with van der Waals surface area (Å²) in [5.74, 6) is -1.69. The molecule has 0 radical (unpaired) electrons. The molecular weight excluding hydrogens is 306 g/mol. The van der Waals surface area contributed by atoms with E-state index in [-0.39, 0.29) is 5.76 Å². The van der Waals surface area contributed by atoms with E-state index in [4.69, 9.17) is 13.9 Å². The van der Waals surface area contributed by atoms with Crippen molar-refractivity contribution in [2.45, 2.75) is 13.0 Å².